The molecular formula is C14H12ClNO3. The highest BCUT2D eigenvalue weighted by atomic mass is 35.5. The Balaban J connectivity index is 2.54. The first-order valence-corrected chi connectivity index (χ1v) is 6.04. The number of aliphatic carboxylic acids is 1. The van der Waals surface area contributed by atoms with Gasteiger partial charge in [-0.1, -0.05) is 23.2 Å². The summed E-state index contributed by atoms with van der Waals surface area (Å²) in [6.07, 6.45) is 1.51. The molecule has 0 saturated carbocycles. The molecule has 1 heterocycles. The normalized spacial score (nSPS) is 10.4. The molecule has 2 aromatic rings. The number of rotatable bonds is 3. The first-order chi connectivity index (χ1) is 8.97. The highest BCUT2D eigenvalue weighted by Crippen LogP contribution is 2.27. The third-order valence-corrected chi connectivity index (χ3v) is 3.05. The maximum Gasteiger partial charge on any atom is 0.323 e. The van der Waals surface area contributed by atoms with Crippen LogP contribution >= 0.6 is 11.6 Å². The van der Waals surface area contributed by atoms with E-state index in [1.807, 2.05) is 19.1 Å². The molecule has 4 nitrogen and oxygen atoms in total. The standard InChI is InChI=1S/C14H12ClNO3/c1-9-2-4-12(15)11(6-9)10-3-5-13(17)16(7-10)8-14(18)19/h2-7H,8H2,1H3,(H,18,19). The van der Waals surface area contributed by atoms with E-state index in [1.54, 1.807) is 12.1 Å². The molecule has 0 aliphatic heterocycles. The zero-order chi connectivity index (χ0) is 14.0. The summed E-state index contributed by atoms with van der Waals surface area (Å²) < 4.78 is 1.15. The number of nitrogens with zero attached hydrogens (tertiary/aromatic N) is 1. The molecular weight excluding hydrogens is 266 g/mol. The second-order valence-electron chi connectivity index (χ2n) is 4.26. The second kappa shape index (κ2) is 5.28. The third-order valence-electron chi connectivity index (χ3n) is 2.72. The van der Waals surface area contributed by atoms with Crippen molar-refractivity contribution < 1.29 is 9.90 Å². The number of hydrogen-bond donors (Lipinski definition) is 1. The molecule has 0 aliphatic rings. The first kappa shape index (κ1) is 13.4. The molecule has 0 bridgehead atoms. The van der Waals surface area contributed by atoms with Gasteiger partial charge in [0.2, 0.25) is 0 Å². The summed E-state index contributed by atoms with van der Waals surface area (Å²) in [6.45, 7) is 1.57. The van der Waals surface area contributed by atoms with Crippen LogP contribution in [-0.4, -0.2) is 15.6 Å². The smallest absolute Gasteiger partial charge is 0.323 e. The van der Waals surface area contributed by atoms with E-state index in [0.717, 1.165) is 21.3 Å². The van der Waals surface area contributed by atoms with Gasteiger partial charge in [0.05, 0.1) is 0 Å². The number of pyridine rings is 1. The Morgan fingerprint density at radius 2 is 2.05 bits per heavy atom. The number of benzene rings is 1. The van der Waals surface area contributed by atoms with E-state index in [0.29, 0.717) is 5.02 Å². The van der Waals surface area contributed by atoms with E-state index < -0.39 is 5.97 Å². The Morgan fingerprint density at radius 3 is 2.74 bits per heavy atom. The molecule has 0 aliphatic carbocycles. The largest absolute Gasteiger partial charge is 0.480 e. The Hall–Kier alpha value is -2.07. The van der Waals surface area contributed by atoms with E-state index in [-0.39, 0.29) is 12.1 Å². The fraction of sp³-hybridized carbons (Fsp3) is 0.143. The van der Waals surface area contributed by atoms with Gasteiger partial charge in [0.1, 0.15) is 6.54 Å². The molecule has 0 amide bonds. The van der Waals surface area contributed by atoms with Crippen molar-refractivity contribution in [1.82, 2.24) is 4.57 Å². The summed E-state index contributed by atoms with van der Waals surface area (Å²) in [4.78, 5) is 22.3. The Bertz CT molecular complexity index is 691. The van der Waals surface area contributed by atoms with Crippen LogP contribution in [0.5, 0.6) is 0 Å². The fourth-order valence-electron chi connectivity index (χ4n) is 1.82. The van der Waals surface area contributed by atoms with Crippen LogP contribution in [0.2, 0.25) is 5.02 Å². The summed E-state index contributed by atoms with van der Waals surface area (Å²) in [5.41, 5.74) is 2.18. The van der Waals surface area contributed by atoms with E-state index in [2.05, 4.69) is 0 Å². The number of carboxylic acid groups (broad SMARTS) is 1. The molecule has 2 rings (SSSR count). The summed E-state index contributed by atoms with van der Waals surface area (Å²) in [5.74, 6) is -1.06. The van der Waals surface area contributed by atoms with Crippen molar-refractivity contribution in [2.75, 3.05) is 0 Å². The Morgan fingerprint density at radius 1 is 1.32 bits per heavy atom. The van der Waals surface area contributed by atoms with Gasteiger partial charge in [-0.3, -0.25) is 9.59 Å². The number of aryl methyl sites for hydroxylation is 1. The molecule has 1 aromatic carbocycles. The maximum atomic E-state index is 11.6. The Kier molecular flexibility index (Phi) is 3.71. The SMILES string of the molecule is Cc1ccc(Cl)c(-c2ccc(=O)n(CC(=O)O)c2)c1. The molecule has 0 radical (unpaired) electrons. The van der Waals surface area contributed by atoms with Crippen molar-refractivity contribution in [2.24, 2.45) is 0 Å². The van der Waals surface area contributed by atoms with Gasteiger partial charge in [0, 0.05) is 22.8 Å². The van der Waals surface area contributed by atoms with Crippen molar-refractivity contribution in [1.29, 1.82) is 0 Å². The molecule has 0 spiro atoms. The maximum absolute atomic E-state index is 11.6. The third kappa shape index (κ3) is 3.03. The van der Waals surface area contributed by atoms with Gasteiger partial charge in [-0.25, -0.2) is 0 Å². The van der Waals surface area contributed by atoms with Crippen molar-refractivity contribution in [2.45, 2.75) is 13.5 Å². The molecule has 0 fully saturated rings. The first-order valence-electron chi connectivity index (χ1n) is 5.66. The quantitative estimate of drug-likeness (QED) is 0.938. The molecule has 1 N–H and O–H groups in total. The zero-order valence-electron chi connectivity index (χ0n) is 10.3. The van der Waals surface area contributed by atoms with Crippen LogP contribution in [0.1, 0.15) is 5.56 Å². The molecule has 19 heavy (non-hydrogen) atoms. The number of hydrogen-bond acceptors (Lipinski definition) is 2. The predicted molar refractivity (Wildman–Crippen MR) is 73.5 cm³/mol. The predicted octanol–water partition coefficient (Wildman–Crippen LogP) is 2.56. The molecule has 0 saturated heterocycles. The second-order valence-corrected chi connectivity index (χ2v) is 4.67. The monoisotopic (exact) mass is 277 g/mol. The lowest BCUT2D eigenvalue weighted by Gasteiger charge is -2.08. The molecule has 5 heteroatoms. The van der Waals surface area contributed by atoms with Gasteiger partial charge >= 0.3 is 5.97 Å². The van der Waals surface area contributed by atoms with E-state index >= 15 is 0 Å². The van der Waals surface area contributed by atoms with E-state index in [9.17, 15) is 9.59 Å². The van der Waals surface area contributed by atoms with Crippen LogP contribution in [0.15, 0.2) is 41.3 Å². The van der Waals surface area contributed by atoms with Gasteiger partial charge in [-0.2, -0.15) is 0 Å². The van der Waals surface area contributed by atoms with Gasteiger partial charge < -0.3 is 9.67 Å². The van der Waals surface area contributed by atoms with Gasteiger partial charge in [0.25, 0.3) is 5.56 Å². The Labute approximate surface area is 114 Å². The van der Waals surface area contributed by atoms with Crippen molar-refractivity contribution >= 4 is 17.6 Å². The average molecular weight is 278 g/mol. The van der Waals surface area contributed by atoms with Crippen LogP contribution in [0.25, 0.3) is 11.1 Å². The van der Waals surface area contributed by atoms with Gasteiger partial charge in [-0.05, 0) is 30.7 Å². The minimum atomic E-state index is -1.06. The van der Waals surface area contributed by atoms with Crippen LogP contribution in [0.3, 0.4) is 0 Å². The van der Waals surface area contributed by atoms with Crippen LogP contribution in [0, 0.1) is 6.92 Å². The van der Waals surface area contributed by atoms with E-state index in [4.69, 9.17) is 16.7 Å². The fourth-order valence-corrected chi connectivity index (χ4v) is 2.05. The lowest BCUT2D eigenvalue weighted by atomic mass is 10.1. The highest BCUT2D eigenvalue weighted by molar-refractivity contribution is 6.33. The van der Waals surface area contributed by atoms with Gasteiger partial charge in [0.15, 0.2) is 0 Å². The topological polar surface area (TPSA) is 59.3 Å². The summed E-state index contributed by atoms with van der Waals surface area (Å²) in [7, 11) is 0. The van der Waals surface area contributed by atoms with Crippen LogP contribution < -0.4 is 5.56 Å². The highest BCUT2D eigenvalue weighted by Gasteiger charge is 2.07. The van der Waals surface area contributed by atoms with Crippen LogP contribution in [-0.2, 0) is 11.3 Å². The molecule has 1 aromatic heterocycles. The molecule has 0 atom stereocenters. The number of carboxylic acids is 1. The minimum Gasteiger partial charge on any atom is -0.480 e. The number of carbonyl (C=O) groups is 1. The summed E-state index contributed by atoms with van der Waals surface area (Å²) >= 11 is 6.12. The molecule has 0 unspecified atom stereocenters. The zero-order valence-corrected chi connectivity index (χ0v) is 11.0. The summed E-state index contributed by atoms with van der Waals surface area (Å²) in [5, 5.41) is 9.33. The van der Waals surface area contributed by atoms with Crippen molar-refractivity contribution in [3.05, 3.63) is 57.5 Å². The molecule has 98 valence electrons. The van der Waals surface area contributed by atoms with Crippen LogP contribution in [0.4, 0.5) is 0 Å². The minimum absolute atomic E-state index is 0.352. The van der Waals surface area contributed by atoms with E-state index in [1.165, 1.54) is 12.3 Å². The van der Waals surface area contributed by atoms with Crippen molar-refractivity contribution in [3.63, 3.8) is 0 Å². The summed E-state index contributed by atoms with van der Waals surface area (Å²) in [6, 6.07) is 8.55. The van der Waals surface area contributed by atoms with Crippen molar-refractivity contribution in [3.8, 4) is 11.1 Å². The average Bonchev–Trinajstić information content (AvgIpc) is 2.34. The van der Waals surface area contributed by atoms with Gasteiger partial charge in [-0.15, -0.1) is 0 Å². The lowest BCUT2D eigenvalue weighted by molar-refractivity contribution is -0.137. The lowest BCUT2D eigenvalue weighted by Crippen LogP contribution is -2.22. The number of halogens is 1. The number of aromatic nitrogens is 1.